The highest BCUT2D eigenvalue weighted by atomic mass is 32.1. The van der Waals surface area contributed by atoms with E-state index in [1.807, 2.05) is 36.6 Å². The Labute approximate surface area is 152 Å². The van der Waals surface area contributed by atoms with Crippen molar-refractivity contribution in [1.29, 1.82) is 0 Å². The fourth-order valence-electron chi connectivity index (χ4n) is 3.24. The average Bonchev–Trinajstić information content (AvgIpc) is 2.84. The monoisotopic (exact) mass is 356 g/mol. The number of para-hydroxylation sites is 1. The van der Waals surface area contributed by atoms with Gasteiger partial charge < -0.3 is 0 Å². The van der Waals surface area contributed by atoms with E-state index < -0.39 is 0 Å². The molecule has 1 heterocycles. The summed E-state index contributed by atoms with van der Waals surface area (Å²) in [4.78, 5) is 26.1. The van der Waals surface area contributed by atoms with E-state index in [9.17, 15) is 9.59 Å². The molecule has 0 saturated carbocycles. The molecule has 1 aromatic heterocycles. The normalized spacial score (nSPS) is 13.8. The number of nitrogens with one attached hydrogen (secondary N) is 1. The smallest absolute Gasteiger partial charge is 0.273 e. The Morgan fingerprint density at radius 3 is 2.68 bits per heavy atom. The van der Waals surface area contributed by atoms with Crippen molar-refractivity contribution in [3.8, 4) is 0 Å². The predicted octanol–water partition coefficient (Wildman–Crippen LogP) is 4.07. The second kappa shape index (κ2) is 7.93. The van der Waals surface area contributed by atoms with Gasteiger partial charge in [0.25, 0.3) is 5.91 Å². The van der Waals surface area contributed by atoms with Crippen LogP contribution < -0.4 is 10.4 Å². The summed E-state index contributed by atoms with van der Waals surface area (Å²) in [6.07, 6.45) is 5.59. The van der Waals surface area contributed by atoms with Gasteiger partial charge >= 0.3 is 0 Å². The summed E-state index contributed by atoms with van der Waals surface area (Å²) in [5.74, 6) is -0.0783. The minimum absolute atomic E-state index is 0.00414. The first-order valence-electron chi connectivity index (χ1n) is 8.80. The van der Waals surface area contributed by atoms with Crippen LogP contribution in [0.15, 0.2) is 29.6 Å². The number of benzene rings is 1. The topological polar surface area (TPSA) is 49.4 Å². The Balaban J connectivity index is 1.96. The lowest BCUT2D eigenvalue weighted by atomic mass is 10.1. The third-order valence-electron chi connectivity index (χ3n) is 4.59. The Bertz CT molecular complexity index is 782. The number of hydrogen-bond acceptors (Lipinski definition) is 4. The minimum Gasteiger partial charge on any atom is -0.299 e. The molecule has 0 bridgehead atoms. The lowest BCUT2D eigenvalue weighted by Gasteiger charge is -2.25. The molecule has 0 unspecified atom stereocenters. The molecule has 3 rings (SSSR count). The molecule has 5 heteroatoms. The summed E-state index contributed by atoms with van der Waals surface area (Å²) >= 11 is 1.69. The van der Waals surface area contributed by atoms with Crippen LogP contribution in [0.2, 0.25) is 0 Å². The van der Waals surface area contributed by atoms with Crippen LogP contribution in [-0.2, 0) is 17.6 Å². The molecule has 0 radical (unpaired) electrons. The highest BCUT2D eigenvalue weighted by Crippen LogP contribution is 2.31. The molecule has 4 nitrogen and oxygen atoms in total. The number of amides is 1. The quantitative estimate of drug-likeness (QED) is 0.649. The van der Waals surface area contributed by atoms with E-state index in [1.54, 1.807) is 16.3 Å². The van der Waals surface area contributed by atoms with Crippen LogP contribution in [0.4, 0.5) is 5.69 Å². The molecule has 0 fully saturated rings. The van der Waals surface area contributed by atoms with Crippen molar-refractivity contribution in [2.45, 2.75) is 46.0 Å². The van der Waals surface area contributed by atoms with Crippen LogP contribution in [0.25, 0.3) is 0 Å². The largest absolute Gasteiger partial charge is 0.299 e. The highest BCUT2D eigenvalue weighted by molar-refractivity contribution is 7.10. The van der Waals surface area contributed by atoms with Crippen molar-refractivity contribution in [1.82, 2.24) is 5.43 Å². The molecule has 25 heavy (non-hydrogen) atoms. The maximum Gasteiger partial charge on any atom is 0.273 e. The molecule has 1 amide bonds. The van der Waals surface area contributed by atoms with Gasteiger partial charge in [0.15, 0.2) is 0 Å². The molecule has 132 valence electrons. The van der Waals surface area contributed by atoms with Gasteiger partial charge in [-0.2, -0.15) is 0 Å². The zero-order chi connectivity index (χ0) is 17.8. The molecule has 1 aromatic carbocycles. The van der Waals surface area contributed by atoms with Crippen molar-refractivity contribution < 1.29 is 9.59 Å². The van der Waals surface area contributed by atoms with Gasteiger partial charge in [-0.25, -0.2) is 10.4 Å². The molecule has 0 spiro atoms. The number of hydrazine groups is 1. The van der Waals surface area contributed by atoms with Crippen molar-refractivity contribution in [2.24, 2.45) is 0 Å². The minimum atomic E-state index is -0.0741. The second-order valence-corrected chi connectivity index (χ2v) is 7.54. The third kappa shape index (κ3) is 3.99. The standard InChI is InChI=1S/C20H24N2O2S/c1-14-8-6-7-10-18(14)22(21-12-15(2)23)20(24)17-13-25-19-11-5-3-4-9-16(17)19/h6-8,10,13,21H,3-5,9,11-12H2,1-2H3. The second-order valence-electron chi connectivity index (χ2n) is 6.58. The number of hydrogen-bond donors (Lipinski definition) is 1. The van der Waals surface area contributed by atoms with Crippen molar-refractivity contribution >= 4 is 28.7 Å². The first kappa shape index (κ1) is 17.8. The van der Waals surface area contributed by atoms with E-state index in [0.29, 0.717) is 0 Å². The maximum atomic E-state index is 13.3. The van der Waals surface area contributed by atoms with E-state index in [0.717, 1.165) is 36.1 Å². The number of carbonyl (C=O) groups excluding carboxylic acids is 2. The average molecular weight is 356 g/mol. The first-order chi connectivity index (χ1) is 12.1. The van der Waals surface area contributed by atoms with Crippen LogP contribution in [-0.4, -0.2) is 18.2 Å². The third-order valence-corrected chi connectivity index (χ3v) is 5.68. The SMILES string of the molecule is CC(=O)CNN(C(=O)c1csc2c1CCCCC2)c1ccccc1C. The van der Waals surface area contributed by atoms with Crippen LogP contribution in [0.5, 0.6) is 0 Å². The van der Waals surface area contributed by atoms with Crippen LogP contribution >= 0.6 is 11.3 Å². The first-order valence-corrected chi connectivity index (χ1v) is 9.68. The van der Waals surface area contributed by atoms with Crippen molar-refractivity contribution in [3.05, 3.63) is 51.2 Å². The lowest BCUT2D eigenvalue weighted by molar-refractivity contribution is -0.116. The van der Waals surface area contributed by atoms with Gasteiger partial charge in [0.1, 0.15) is 5.78 Å². The van der Waals surface area contributed by atoms with E-state index in [-0.39, 0.29) is 18.2 Å². The molecule has 2 aromatic rings. The molecular weight excluding hydrogens is 332 g/mol. The van der Waals surface area contributed by atoms with E-state index in [2.05, 4.69) is 5.43 Å². The molecule has 1 N–H and O–H groups in total. The molecule has 1 aliphatic carbocycles. The molecule has 0 atom stereocenters. The van der Waals surface area contributed by atoms with Crippen LogP contribution in [0, 0.1) is 6.92 Å². The molecule has 0 saturated heterocycles. The zero-order valence-electron chi connectivity index (χ0n) is 14.8. The highest BCUT2D eigenvalue weighted by Gasteiger charge is 2.25. The summed E-state index contributed by atoms with van der Waals surface area (Å²) in [5, 5.41) is 3.53. The van der Waals surface area contributed by atoms with Gasteiger partial charge in [-0.1, -0.05) is 24.6 Å². The van der Waals surface area contributed by atoms with E-state index in [4.69, 9.17) is 0 Å². The number of ketones is 1. The Kier molecular flexibility index (Phi) is 5.66. The number of rotatable bonds is 5. The van der Waals surface area contributed by atoms with Gasteiger partial charge in [-0.15, -0.1) is 11.3 Å². The van der Waals surface area contributed by atoms with Crippen LogP contribution in [0.1, 0.15) is 52.5 Å². The number of aryl methyl sites for hydroxylation is 2. The summed E-state index contributed by atoms with van der Waals surface area (Å²) in [6.45, 7) is 3.62. The van der Waals surface area contributed by atoms with Gasteiger partial charge in [-0.05, 0) is 56.7 Å². The fourth-order valence-corrected chi connectivity index (χ4v) is 4.36. The number of nitrogens with zero attached hydrogens (tertiary/aromatic N) is 1. The van der Waals surface area contributed by atoms with Crippen molar-refractivity contribution in [3.63, 3.8) is 0 Å². The number of Topliss-reactive ketones (excluding diaryl/α,β-unsaturated/α-hetero) is 1. The van der Waals surface area contributed by atoms with E-state index in [1.165, 1.54) is 30.2 Å². The summed E-state index contributed by atoms with van der Waals surface area (Å²) < 4.78 is 0. The van der Waals surface area contributed by atoms with Gasteiger partial charge in [0.05, 0.1) is 17.8 Å². The number of anilines is 1. The van der Waals surface area contributed by atoms with Gasteiger partial charge in [0.2, 0.25) is 0 Å². The predicted molar refractivity (Wildman–Crippen MR) is 102 cm³/mol. The number of thiophene rings is 1. The fraction of sp³-hybridized carbons (Fsp3) is 0.400. The van der Waals surface area contributed by atoms with Crippen LogP contribution in [0.3, 0.4) is 0 Å². The molecular formula is C20H24N2O2S. The van der Waals surface area contributed by atoms with Crippen molar-refractivity contribution in [2.75, 3.05) is 11.6 Å². The summed E-state index contributed by atoms with van der Waals surface area (Å²) in [6, 6.07) is 7.74. The lowest BCUT2D eigenvalue weighted by Crippen LogP contribution is -2.45. The number of fused-ring (bicyclic) bond motifs is 1. The molecule has 1 aliphatic rings. The summed E-state index contributed by atoms with van der Waals surface area (Å²) in [7, 11) is 0. The Morgan fingerprint density at radius 2 is 1.92 bits per heavy atom. The Hall–Kier alpha value is -1.98. The van der Waals surface area contributed by atoms with Gasteiger partial charge in [0, 0.05) is 10.3 Å². The maximum absolute atomic E-state index is 13.3. The summed E-state index contributed by atoms with van der Waals surface area (Å²) in [5.41, 5.74) is 6.80. The van der Waals surface area contributed by atoms with Gasteiger partial charge in [-0.3, -0.25) is 9.59 Å². The number of carbonyl (C=O) groups is 2. The zero-order valence-corrected chi connectivity index (χ0v) is 15.6. The van der Waals surface area contributed by atoms with E-state index >= 15 is 0 Å². The molecule has 0 aliphatic heterocycles. The Morgan fingerprint density at radius 1 is 1.16 bits per heavy atom.